The lowest BCUT2D eigenvalue weighted by Gasteiger charge is -2.15. The van der Waals surface area contributed by atoms with Gasteiger partial charge in [-0.05, 0) is 31.2 Å². The molecule has 0 saturated carbocycles. The minimum Gasteiger partial charge on any atom is -0.494 e. The number of nitro benzene ring substituents is 1. The van der Waals surface area contributed by atoms with E-state index in [4.69, 9.17) is 4.74 Å². The lowest BCUT2D eigenvalue weighted by atomic mass is 10.2. The lowest BCUT2D eigenvalue weighted by molar-refractivity contribution is -0.384. The fourth-order valence-electron chi connectivity index (χ4n) is 2.73. The summed E-state index contributed by atoms with van der Waals surface area (Å²) >= 11 is 0. The number of carbonyl (C=O) groups excluding carboxylic acids is 2. The summed E-state index contributed by atoms with van der Waals surface area (Å²) in [6, 6.07) is 9.46. The van der Waals surface area contributed by atoms with Crippen LogP contribution in [0.15, 0.2) is 47.4 Å². The molecular formula is C17H15N3O7S. The Morgan fingerprint density at radius 3 is 2.61 bits per heavy atom. The smallest absolute Gasteiger partial charge is 0.296 e. The summed E-state index contributed by atoms with van der Waals surface area (Å²) in [6.07, 6.45) is 0. The number of hydrogen-bond acceptors (Lipinski definition) is 7. The van der Waals surface area contributed by atoms with Crippen LogP contribution >= 0.6 is 0 Å². The fourth-order valence-corrected chi connectivity index (χ4v) is 4.26. The number of nitrogens with zero attached hydrogens (tertiary/aromatic N) is 2. The summed E-state index contributed by atoms with van der Waals surface area (Å²) in [7, 11) is -4.15. The average molecular weight is 405 g/mol. The van der Waals surface area contributed by atoms with E-state index in [0.717, 1.165) is 6.07 Å². The molecule has 1 aliphatic heterocycles. The van der Waals surface area contributed by atoms with Gasteiger partial charge in [0.25, 0.3) is 21.6 Å². The van der Waals surface area contributed by atoms with Crippen molar-refractivity contribution in [3.63, 3.8) is 0 Å². The van der Waals surface area contributed by atoms with Crippen LogP contribution in [0.5, 0.6) is 5.75 Å². The van der Waals surface area contributed by atoms with Crippen molar-refractivity contribution >= 4 is 33.2 Å². The number of nitrogens with one attached hydrogen (secondary N) is 1. The Balaban J connectivity index is 1.82. The summed E-state index contributed by atoms with van der Waals surface area (Å²) in [6.45, 7) is 1.21. The van der Waals surface area contributed by atoms with Crippen LogP contribution in [0, 0.1) is 10.1 Å². The first kappa shape index (κ1) is 19.3. The maximum absolute atomic E-state index is 12.5. The number of benzene rings is 2. The zero-order chi connectivity index (χ0) is 20.5. The third-order valence-corrected chi connectivity index (χ3v) is 5.74. The van der Waals surface area contributed by atoms with Crippen LogP contribution in [0.1, 0.15) is 17.3 Å². The molecule has 0 radical (unpaired) electrons. The van der Waals surface area contributed by atoms with Crippen LogP contribution in [0.4, 0.5) is 11.4 Å². The van der Waals surface area contributed by atoms with Crippen LogP contribution in [0.3, 0.4) is 0 Å². The van der Waals surface area contributed by atoms with E-state index in [9.17, 15) is 28.1 Å². The van der Waals surface area contributed by atoms with Crippen molar-refractivity contribution in [2.45, 2.75) is 11.8 Å². The maximum Gasteiger partial charge on any atom is 0.296 e. The number of nitro groups is 1. The molecular weight excluding hydrogens is 390 g/mol. The van der Waals surface area contributed by atoms with E-state index in [1.807, 2.05) is 0 Å². The third kappa shape index (κ3) is 3.39. The summed E-state index contributed by atoms with van der Waals surface area (Å²) in [5.41, 5.74) is -0.583. The van der Waals surface area contributed by atoms with Crippen molar-refractivity contribution in [1.29, 1.82) is 0 Å². The van der Waals surface area contributed by atoms with Gasteiger partial charge in [-0.1, -0.05) is 12.1 Å². The van der Waals surface area contributed by atoms with Gasteiger partial charge in [-0.15, -0.1) is 0 Å². The highest BCUT2D eigenvalue weighted by Gasteiger charge is 2.41. The minimum absolute atomic E-state index is 0.0256. The first-order valence-corrected chi connectivity index (χ1v) is 9.57. The highest BCUT2D eigenvalue weighted by Crippen LogP contribution is 2.31. The number of carbonyl (C=O) groups is 2. The molecule has 0 unspecified atom stereocenters. The second kappa shape index (κ2) is 7.27. The average Bonchev–Trinajstić information content (AvgIpc) is 2.84. The molecule has 0 aliphatic carbocycles. The van der Waals surface area contributed by atoms with Crippen molar-refractivity contribution in [1.82, 2.24) is 4.31 Å². The first-order valence-electron chi connectivity index (χ1n) is 8.13. The topological polar surface area (TPSA) is 136 Å². The zero-order valence-electron chi connectivity index (χ0n) is 14.6. The monoisotopic (exact) mass is 405 g/mol. The quantitative estimate of drug-likeness (QED) is 0.571. The molecule has 0 bridgehead atoms. The molecule has 3 rings (SSSR count). The van der Waals surface area contributed by atoms with E-state index >= 15 is 0 Å². The highest BCUT2D eigenvalue weighted by atomic mass is 32.2. The van der Waals surface area contributed by atoms with Crippen LogP contribution in [0.25, 0.3) is 0 Å². The molecule has 0 fully saturated rings. The van der Waals surface area contributed by atoms with Crippen molar-refractivity contribution in [2.75, 3.05) is 18.5 Å². The van der Waals surface area contributed by atoms with Gasteiger partial charge in [0.2, 0.25) is 5.91 Å². The summed E-state index contributed by atoms with van der Waals surface area (Å²) < 4.78 is 30.6. The van der Waals surface area contributed by atoms with Crippen molar-refractivity contribution < 1.29 is 27.7 Å². The normalized spacial score (nSPS) is 14.5. The van der Waals surface area contributed by atoms with Crippen molar-refractivity contribution in [3.05, 3.63) is 58.1 Å². The molecule has 10 nitrogen and oxygen atoms in total. The van der Waals surface area contributed by atoms with Crippen molar-refractivity contribution in [3.8, 4) is 5.75 Å². The number of hydrogen-bond donors (Lipinski definition) is 1. The molecule has 0 atom stereocenters. The van der Waals surface area contributed by atoms with Crippen LogP contribution in [0.2, 0.25) is 0 Å². The molecule has 28 heavy (non-hydrogen) atoms. The molecule has 146 valence electrons. The summed E-state index contributed by atoms with van der Waals surface area (Å²) in [5.74, 6) is -1.47. The molecule has 2 aromatic rings. The Morgan fingerprint density at radius 1 is 1.25 bits per heavy atom. The van der Waals surface area contributed by atoms with E-state index in [-0.39, 0.29) is 21.9 Å². The van der Waals surface area contributed by atoms with Gasteiger partial charge in [0, 0.05) is 0 Å². The van der Waals surface area contributed by atoms with Gasteiger partial charge in [0.1, 0.15) is 22.9 Å². The molecule has 1 N–H and O–H groups in total. The zero-order valence-corrected chi connectivity index (χ0v) is 15.4. The van der Waals surface area contributed by atoms with Crippen LogP contribution in [-0.4, -0.2) is 42.6 Å². The Labute approximate surface area is 159 Å². The number of amides is 2. The number of sulfonamides is 1. The van der Waals surface area contributed by atoms with Crippen LogP contribution in [-0.2, 0) is 14.8 Å². The second-order valence-corrected chi connectivity index (χ2v) is 7.56. The van der Waals surface area contributed by atoms with Crippen LogP contribution < -0.4 is 10.1 Å². The summed E-state index contributed by atoms with van der Waals surface area (Å²) in [5, 5.41) is 13.5. The van der Waals surface area contributed by atoms with Gasteiger partial charge < -0.3 is 10.1 Å². The predicted molar refractivity (Wildman–Crippen MR) is 97.6 cm³/mol. The van der Waals surface area contributed by atoms with Crippen molar-refractivity contribution in [2.24, 2.45) is 0 Å². The Kier molecular flexibility index (Phi) is 5.01. The molecule has 0 aromatic heterocycles. The van der Waals surface area contributed by atoms with E-state index in [1.165, 1.54) is 36.4 Å². The number of fused-ring (bicyclic) bond motifs is 1. The van der Waals surface area contributed by atoms with Gasteiger partial charge in [-0.3, -0.25) is 19.7 Å². The minimum atomic E-state index is -4.15. The van der Waals surface area contributed by atoms with E-state index in [2.05, 4.69) is 5.32 Å². The van der Waals surface area contributed by atoms with E-state index in [0.29, 0.717) is 10.9 Å². The standard InChI is InChI=1S/C17H15N3O7S/c1-2-27-11-7-8-13(14(9-11)20(23)24)18-16(21)10-19-17(22)12-5-3-4-6-15(12)28(19,25)26/h3-9H,2,10H2,1H3,(H,18,21). The molecule has 1 heterocycles. The molecule has 0 spiro atoms. The van der Waals surface area contributed by atoms with Gasteiger partial charge in [-0.2, -0.15) is 0 Å². The predicted octanol–water partition coefficient (Wildman–Crippen LogP) is 1.78. The SMILES string of the molecule is CCOc1ccc(NC(=O)CN2C(=O)c3ccccc3S2(=O)=O)c([N+](=O)[O-])c1. The first-order chi connectivity index (χ1) is 13.3. The Morgan fingerprint density at radius 2 is 1.96 bits per heavy atom. The van der Waals surface area contributed by atoms with Gasteiger partial charge >= 0.3 is 0 Å². The number of rotatable bonds is 6. The van der Waals surface area contributed by atoms with E-state index in [1.54, 1.807) is 6.92 Å². The lowest BCUT2D eigenvalue weighted by Crippen LogP contribution is -2.37. The number of anilines is 1. The number of ether oxygens (including phenoxy) is 1. The third-order valence-electron chi connectivity index (χ3n) is 3.95. The molecule has 11 heteroatoms. The van der Waals surface area contributed by atoms with E-state index < -0.39 is 39.0 Å². The summed E-state index contributed by atoms with van der Waals surface area (Å²) in [4.78, 5) is 35.0. The molecule has 2 amide bonds. The molecule has 0 saturated heterocycles. The highest BCUT2D eigenvalue weighted by molar-refractivity contribution is 7.90. The molecule has 1 aliphatic rings. The second-order valence-electron chi connectivity index (χ2n) is 5.73. The largest absolute Gasteiger partial charge is 0.494 e. The Bertz CT molecular complexity index is 1080. The van der Waals surface area contributed by atoms with Gasteiger partial charge in [0.05, 0.1) is 23.2 Å². The fraction of sp³-hybridized carbons (Fsp3) is 0.176. The maximum atomic E-state index is 12.5. The van der Waals surface area contributed by atoms with Gasteiger partial charge in [0.15, 0.2) is 0 Å². The van der Waals surface area contributed by atoms with Gasteiger partial charge in [-0.25, -0.2) is 12.7 Å². The molecule has 2 aromatic carbocycles. The Hall–Kier alpha value is -3.47.